The Bertz CT molecular complexity index is 608. The molecule has 1 aromatic heterocycles. The second-order valence-corrected chi connectivity index (χ2v) is 4.49. The predicted octanol–water partition coefficient (Wildman–Crippen LogP) is 1.91. The number of halogens is 1. The van der Waals surface area contributed by atoms with E-state index in [0.29, 0.717) is 5.76 Å². The van der Waals surface area contributed by atoms with Crippen LogP contribution in [0.2, 0.25) is 0 Å². The van der Waals surface area contributed by atoms with Gasteiger partial charge in [-0.1, -0.05) is 12.1 Å². The molecule has 0 saturated heterocycles. The Morgan fingerprint density at radius 1 is 1.24 bits per heavy atom. The number of nitrogens with one attached hydrogen (secondary N) is 2. The molecule has 0 aliphatic heterocycles. The summed E-state index contributed by atoms with van der Waals surface area (Å²) in [5, 5.41) is 5.20. The van der Waals surface area contributed by atoms with E-state index in [1.54, 1.807) is 24.3 Å². The maximum Gasteiger partial charge on any atom is 0.250 e. The largest absolute Gasteiger partial charge is 0.467 e. The molecule has 0 saturated carbocycles. The van der Waals surface area contributed by atoms with Crippen LogP contribution in [0.15, 0.2) is 47.1 Å². The summed E-state index contributed by atoms with van der Waals surface area (Å²) in [7, 11) is 0. The van der Waals surface area contributed by atoms with Gasteiger partial charge < -0.3 is 15.1 Å². The van der Waals surface area contributed by atoms with E-state index in [2.05, 4.69) is 10.6 Å². The summed E-state index contributed by atoms with van der Waals surface area (Å²) in [6, 6.07) is 8.15. The van der Waals surface area contributed by atoms with E-state index >= 15 is 0 Å². The van der Waals surface area contributed by atoms with Crippen molar-refractivity contribution in [1.29, 1.82) is 0 Å². The Morgan fingerprint density at radius 3 is 2.52 bits per heavy atom. The van der Waals surface area contributed by atoms with Gasteiger partial charge in [-0.15, -0.1) is 0 Å². The van der Waals surface area contributed by atoms with Gasteiger partial charge in [0.25, 0.3) is 5.91 Å². The fourth-order valence-electron chi connectivity index (χ4n) is 1.82. The van der Waals surface area contributed by atoms with E-state index in [9.17, 15) is 14.0 Å². The first kappa shape index (κ1) is 14.8. The molecule has 1 atom stereocenters. The Hall–Kier alpha value is -2.63. The number of rotatable bonds is 5. The summed E-state index contributed by atoms with van der Waals surface area (Å²) in [6.45, 7) is 1.55. The van der Waals surface area contributed by atoms with Gasteiger partial charge in [-0.25, -0.2) is 4.39 Å². The molecule has 0 bridgehead atoms. The smallest absolute Gasteiger partial charge is 0.250 e. The van der Waals surface area contributed by atoms with Gasteiger partial charge in [0, 0.05) is 13.5 Å². The molecule has 6 heteroatoms. The van der Waals surface area contributed by atoms with E-state index in [1.165, 1.54) is 25.3 Å². The van der Waals surface area contributed by atoms with Crippen molar-refractivity contribution < 1.29 is 18.4 Å². The molecule has 0 unspecified atom stereocenters. The highest BCUT2D eigenvalue weighted by atomic mass is 19.1. The third-order valence-corrected chi connectivity index (χ3v) is 2.82. The summed E-state index contributed by atoms with van der Waals surface area (Å²) in [6.07, 6.45) is 1.43. The fraction of sp³-hybridized carbons (Fsp3) is 0.200. The molecule has 5 nitrogen and oxygen atoms in total. The van der Waals surface area contributed by atoms with Crippen molar-refractivity contribution in [3.05, 3.63) is 59.8 Å². The van der Waals surface area contributed by atoms with Crippen molar-refractivity contribution in [1.82, 2.24) is 10.6 Å². The highest BCUT2D eigenvalue weighted by Gasteiger charge is 2.23. The van der Waals surface area contributed by atoms with Crippen LogP contribution in [-0.4, -0.2) is 11.8 Å². The lowest BCUT2D eigenvalue weighted by atomic mass is 10.2. The topological polar surface area (TPSA) is 71.3 Å². The Labute approximate surface area is 121 Å². The highest BCUT2D eigenvalue weighted by molar-refractivity contribution is 5.87. The normalized spacial score (nSPS) is 11.7. The summed E-state index contributed by atoms with van der Waals surface area (Å²) in [5.74, 6) is -0.726. The first-order chi connectivity index (χ1) is 10.1. The maximum absolute atomic E-state index is 12.8. The zero-order valence-electron chi connectivity index (χ0n) is 11.4. The van der Waals surface area contributed by atoms with Gasteiger partial charge in [0.1, 0.15) is 11.6 Å². The monoisotopic (exact) mass is 290 g/mol. The number of carbonyl (C=O) groups excluding carboxylic acids is 2. The van der Waals surface area contributed by atoms with Gasteiger partial charge in [-0.3, -0.25) is 9.59 Å². The molecule has 1 heterocycles. The second-order valence-electron chi connectivity index (χ2n) is 4.49. The van der Waals surface area contributed by atoms with Crippen LogP contribution >= 0.6 is 0 Å². The molecule has 2 rings (SSSR count). The van der Waals surface area contributed by atoms with Crippen LogP contribution in [0.25, 0.3) is 0 Å². The number of benzene rings is 1. The third kappa shape index (κ3) is 4.17. The van der Waals surface area contributed by atoms with Crippen LogP contribution in [0.4, 0.5) is 4.39 Å². The molecule has 0 radical (unpaired) electrons. The van der Waals surface area contributed by atoms with Crippen LogP contribution in [0.1, 0.15) is 24.3 Å². The first-order valence-electron chi connectivity index (χ1n) is 6.39. The fourth-order valence-corrected chi connectivity index (χ4v) is 1.82. The zero-order valence-corrected chi connectivity index (χ0v) is 11.4. The van der Waals surface area contributed by atoms with Crippen LogP contribution in [0.5, 0.6) is 0 Å². The van der Waals surface area contributed by atoms with E-state index in [4.69, 9.17) is 4.42 Å². The van der Waals surface area contributed by atoms with Crippen LogP contribution in [-0.2, 0) is 16.1 Å². The Kier molecular flexibility index (Phi) is 4.71. The summed E-state index contributed by atoms with van der Waals surface area (Å²) in [5.41, 5.74) is 0.755. The van der Waals surface area contributed by atoms with Gasteiger partial charge in [-0.05, 0) is 29.8 Å². The Morgan fingerprint density at radius 2 is 1.95 bits per heavy atom. The van der Waals surface area contributed by atoms with E-state index < -0.39 is 11.9 Å². The van der Waals surface area contributed by atoms with Crippen LogP contribution in [0, 0.1) is 5.82 Å². The lowest BCUT2D eigenvalue weighted by Crippen LogP contribution is -2.39. The predicted molar refractivity (Wildman–Crippen MR) is 73.5 cm³/mol. The van der Waals surface area contributed by atoms with E-state index in [1.807, 2.05) is 0 Å². The van der Waals surface area contributed by atoms with Crippen molar-refractivity contribution in [2.75, 3.05) is 0 Å². The summed E-state index contributed by atoms with van der Waals surface area (Å²) >= 11 is 0. The number of furan rings is 1. The molecule has 2 amide bonds. The third-order valence-electron chi connectivity index (χ3n) is 2.82. The summed E-state index contributed by atoms with van der Waals surface area (Å²) < 4.78 is 18.0. The molecule has 0 aliphatic carbocycles. The zero-order chi connectivity index (χ0) is 15.2. The van der Waals surface area contributed by atoms with Gasteiger partial charge >= 0.3 is 0 Å². The second kappa shape index (κ2) is 6.69. The number of carbonyl (C=O) groups is 2. The van der Waals surface area contributed by atoms with Crippen molar-refractivity contribution in [3.63, 3.8) is 0 Å². The SMILES string of the molecule is CC(=O)N[C@H](C(=O)NCc1ccc(F)cc1)c1ccco1. The highest BCUT2D eigenvalue weighted by Crippen LogP contribution is 2.14. The molecule has 0 aliphatic rings. The molecule has 21 heavy (non-hydrogen) atoms. The van der Waals surface area contributed by atoms with Crippen LogP contribution in [0.3, 0.4) is 0 Å². The summed E-state index contributed by atoms with van der Waals surface area (Å²) in [4.78, 5) is 23.3. The minimum Gasteiger partial charge on any atom is -0.467 e. The number of hydrogen-bond acceptors (Lipinski definition) is 3. The van der Waals surface area contributed by atoms with Gasteiger partial charge in [0.05, 0.1) is 6.26 Å². The van der Waals surface area contributed by atoms with Crippen molar-refractivity contribution in [2.45, 2.75) is 19.5 Å². The van der Waals surface area contributed by atoms with Gasteiger partial charge in [0.2, 0.25) is 5.91 Å². The van der Waals surface area contributed by atoms with E-state index in [-0.39, 0.29) is 18.3 Å². The molecule has 1 aromatic carbocycles. The lowest BCUT2D eigenvalue weighted by Gasteiger charge is -2.15. The first-order valence-corrected chi connectivity index (χ1v) is 6.39. The molecule has 0 fully saturated rings. The minimum atomic E-state index is -0.891. The van der Waals surface area contributed by atoms with Crippen molar-refractivity contribution in [3.8, 4) is 0 Å². The standard InChI is InChI=1S/C15H15FN2O3/c1-10(19)18-14(13-3-2-8-21-13)15(20)17-9-11-4-6-12(16)7-5-11/h2-8,14H,9H2,1H3,(H,17,20)(H,18,19)/t14-/m0/s1. The Balaban J connectivity index is 2.01. The number of amides is 2. The molecule has 2 N–H and O–H groups in total. The number of hydrogen-bond donors (Lipinski definition) is 2. The average Bonchev–Trinajstić information content (AvgIpc) is 2.97. The molecule has 110 valence electrons. The average molecular weight is 290 g/mol. The van der Waals surface area contributed by atoms with Gasteiger partial charge in [0.15, 0.2) is 6.04 Å². The van der Waals surface area contributed by atoms with E-state index in [0.717, 1.165) is 5.56 Å². The van der Waals surface area contributed by atoms with Crippen LogP contribution < -0.4 is 10.6 Å². The lowest BCUT2D eigenvalue weighted by molar-refractivity contribution is -0.128. The molecular weight excluding hydrogens is 275 g/mol. The minimum absolute atomic E-state index is 0.232. The molecule has 0 spiro atoms. The van der Waals surface area contributed by atoms with Gasteiger partial charge in [-0.2, -0.15) is 0 Å². The molecular formula is C15H15FN2O3. The van der Waals surface area contributed by atoms with Crippen molar-refractivity contribution in [2.24, 2.45) is 0 Å². The maximum atomic E-state index is 12.8. The molecule has 2 aromatic rings. The quantitative estimate of drug-likeness (QED) is 0.883. The van der Waals surface area contributed by atoms with Crippen molar-refractivity contribution >= 4 is 11.8 Å².